The number of rotatable bonds is 6. The number of carbonyl (C=O) groups excluding carboxylic acids is 1. The van der Waals surface area contributed by atoms with E-state index in [0.717, 1.165) is 44.0 Å². The van der Waals surface area contributed by atoms with E-state index in [1.54, 1.807) is 18.2 Å². The number of anilines is 2. The maximum absolute atomic E-state index is 12.2. The molecule has 0 radical (unpaired) electrons. The van der Waals surface area contributed by atoms with Crippen molar-refractivity contribution in [2.45, 2.75) is 13.8 Å². The van der Waals surface area contributed by atoms with E-state index in [4.69, 9.17) is 4.74 Å². The van der Waals surface area contributed by atoms with Crippen LogP contribution >= 0.6 is 0 Å². The van der Waals surface area contributed by atoms with Crippen molar-refractivity contribution in [2.75, 3.05) is 49.5 Å². The minimum absolute atomic E-state index is 0.0222. The first-order valence-corrected chi connectivity index (χ1v) is 9.35. The van der Waals surface area contributed by atoms with Crippen LogP contribution in [-0.2, 0) is 4.79 Å². The van der Waals surface area contributed by atoms with Crippen molar-refractivity contribution < 1.29 is 14.6 Å². The normalized spacial score (nSPS) is 14.8. The van der Waals surface area contributed by atoms with E-state index in [-0.39, 0.29) is 18.3 Å². The second-order valence-corrected chi connectivity index (χ2v) is 6.73. The van der Waals surface area contributed by atoms with Gasteiger partial charge in [0.25, 0.3) is 5.91 Å². The molecule has 2 aromatic rings. The first kappa shape index (κ1) is 19.0. The Morgan fingerprint density at radius 1 is 1.15 bits per heavy atom. The first-order valence-electron chi connectivity index (χ1n) is 9.35. The molecule has 0 unspecified atom stereocenters. The van der Waals surface area contributed by atoms with E-state index in [1.165, 1.54) is 11.8 Å². The van der Waals surface area contributed by atoms with E-state index in [9.17, 15) is 9.90 Å². The Morgan fingerprint density at radius 2 is 1.89 bits per heavy atom. The number of hydrogen-bond donors (Lipinski definition) is 2. The van der Waals surface area contributed by atoms with E-state index in [0.29, 0.717) is 5.75 Å². The summed E-state index contributed by atoms with van der Waals surface area (Å²) in [6.45, 7) is 9.33. The molecule has 0 aromatic heterocycles. The Bertz CT molecular complexity index is 786. The number of nitrogens with zero attached hydrogens (tertiary/aromatic N) is 2. The molecule has 6 heteroatoms. The van der Waals surface area contributed by atoms with Crippen molar-refractivity contribution >= 4 is 17.3 Å². The molecule has 0 saturated carbocycles. The zero-order chi connectivity index (χ0) is 19.2. The van der Waals surface area contributed by atoms with Gasteiger partial charge in [-0.2, -0.15) is 0 Å². The highest BCUT2D eigenvalue weighted by Crippen LogP contribution is 2.25. The van der Waals surface area contributed by atoms with Crippen LogP contribution in [0.2, 0.25) is 0 Å². The Kier molecular flexibility index (Phi) is 6.19. The number of aryl methyl sites for hydroxylation is 1. The quantitative estimate of drug-likeness (QED) is 0.820. The van der Waals surface area contributed by atoms with Gasteiger partial charge in [-0.25, -0.2) is 0 Å². The zero-order valence-corrected chi connectivity index (χ0v) is 15.9. The highest BCUT2D eigenvalue weighted by Gasteiger charge is 2.16. The summed E-state index contributed by atoms with van der Waals surface area (Å²) in [4.78, 5) is 17.0. The Balaban J connectivity index is 1.56. The second kappa shape index (κ2) is 8.77. The summed E-state index contributed by atoms with van der Waals surface area (Å²) in [7, 11) is 0. The molecule has 1 heterocycles. The van der Waals surface area contributed by atoms with Crippen molar-refractivity contribution in [3.63, 3.8) is 0 Å². The van der Waals surface area contributed by atoms with Gasteiger partial charge in [0.2, 0.25) is 0 Å². The van der Waals surface area contributed by atoms with Crippen LogP contribution in [0.5, 0.6) is 11.5 Å². The van der Waals surface area contributed by atoms with Crippen LogP contribution in [0, 0.1) is 6.92 Å². The minimum atomic E-state index is -0.259. The highest BCUT2D eigenvalue weighted by molar-refractivity contribution is 5.92. The lowest BCUT2D eigenvalue weighted by Gasteiger charge is -2.35. The minimum Gasteiger partial charge on any atom is -0.504 e. The second-order valence-electron chi connectivity index (χ2n) is 6.73. The van der Waals surface area contributed by atoms with Crippen LogP contribution in [0.3, 0.4) is 0 Å². The highest BCUT2D eigenvalue weighted by atomic mass is 16.5. The van der Waals surface area contributed by atoms with Crippen LogP contribution in [0.25, 0.3) is 0 Å². The molecule has 0 atom stereocenters. The molecule has 1 aliphatic heterocycles. The average Bonchev–Trinajstić information content (AvgIpc) is 2.69. The summed E-state index contributed by atoms with van der Waals surface area (Å²) in [5.41, 5.74) is 2.98. The molecule has 0 spiro atoms. The van der Waals surface area contributed by atoms with Crippen molar-refractivity contribution in [2.24, 2.45) is 0 Å². The fraction of sp³-hybridized carbons (Fsp3) is 0.381. The number of nitrogens with one attached hydrogen (secondary N) is 1. The summed E-state index contributed by atoms with van der Waals surface area (Å²) < 4.78 is 5.38. The maximum Gasteiger partial charge on any atom is 0.262 e. The number of piperazine rings is 1. The summed E-state index contributed by atoms with van der Waals surface area (Å²) >= 11 is 0. The van der Waals surface area contributed by atoms with Crippen molar-refractivity contribution in [1.29, 1.82) is 0 Å². The van der Waals surface area contributed by atoms with Gasteiger partial charge in [-0.05, 0) is 49.4 Å². The molecule has 1 amide bonds. The smallest absolute Gasteiger partial charge is 0.262 e. The monoisotopic (exact) mass is 369 g/mol. The Hall–Kier alpha value is -2.73. The third-order valence-electron chi connectivity index (χ3n) is 4.89. The molecule has 2 N–H and O–H groups in total. The van der Waals surface area contributed by atoms with Crippen LogP contribution in [0.1, 0.15) is 12.5 Å². The SMILES string of the molecule is CCN1CCN(c2ccc(NC(=O)COc3ccccc3O)c(C)c2)CC1. The largest absolute Gasteiger partial charge is 0.504 e. The van der Waals surface area contributed by atoms with Crippen molar-refractivity contribution in [3.8, 4) is 11.5 Å². The van der Waals surface area contributed by atoms with Crippen molar-refractivity contribution in [1.82, 2.24) is 4.90 Å². The van der Waals surface area contributed by atoms with Gasteiger partial charge in [0.15, 0.2) is 18.1 Å². The number of phenolic OH excluding ortho intramolecular Hbond substituents is 1. The number of para-hydroxylation sites is 2. The average molecular weight is 369 g/mol. The molecule has 27 heavy (non-hydrogen) atoms. The molecule has 3 rings (SSSR count). The molecule has 0 aliphatic carbocycles. The van der Waals surface area contributed by atoms with E-state index in [1.807, 2.05) is 19.1 Å². The van der Waals surface area contributed by atoms with Crippen LogP contribution in [0.4, 0.5) is 11.4 Å². The molecule has 0 bridgehead atoms. The first-order chi connectivity index (χ1) is 13.1. The molecule has 1 saturated heterocycles. The lowest BCUT2D eigenvalue weighted by molar-refractivity contribution is -0.118. The number of hydrogen-bond acceptors (Lipinski definition) is 5. The van der Waals surface area contributed by atoms with Crippen molar-refractivity contribution in [3.05, 3.63) is 48.0 Å². The van der Waals surface area contributed by atoms with Crippen LogP contribution in [-0.4, -0.2) is 55.2 Å². The molecule has 1 aliphatic rings. The number of ether oxygens (including phenoxy) is 1. The summed E-state index contributed by atoms with van der Waals surface area (Å²) in [5, 5.41) is 12.6. The third-order valence-corrected chi connectivity index (χ3v) is 4.89. The number of carbonyl (C=O) groups is 1. The van der Waals surface area contributed by atoms with E-state index < -0.39 is 0 Å². The Morgan fingerprint density at radius 3 is 2.56 bits per heavy atom. The van der Waals surface area contributed by atoms with E-state index in [2.05, 4.69) is 28.1 Å². The number of phenols is 1. The summed E-state index contributed by atoms with van der Waals surface area (Å²) in [6, 6.07) is 12.7. The van der Waals surface area contributed by atoms with Gasteiger partial charge in [-0.15, -0.1) is 0 Å². The standard InChI is InChI=1S/C21H27N3O3/c1-3-23-10-12-24(13-11-23)17-8-9-18(16(2)14-17)22-21(26)15-27-20-7-5-4-6-19(20)25/h4-9,14,25H,3,10-13,15H2,1-2H3,(H,22,26). The maximum atomic E-state index is 12.2. The molecule has 144 valence electrons. The third kappa shape index (κ3) is 4.92. The molecular formula is C21H27N3O3. The van der Waals surface area contributed by atoms with Gasteiger partial charge in [0, 0.05) is 37.6 Å². The summed E-state index contributed by atoms with van der Waals surface area (Å²) in [5.74, 6) is 0.0607. The molecule has 2 aromatic carbocycles. The van der Waals surface area contributed by atoms with Gasteiger partial charge in [-0.3, -0.25) is 4.79 Å². The number of benzene rings is 2. The van der Waals surface area contributed by atoms with E-state index >= 15 is 0 Å². The lowest BCUT2D eigenvalue weighted by atomic mass is 10.1. The van der Waals surface area contributed by atoms with Gasteiger partial charge in [0.1, 0.15) is 0 Å². The molecule has 6 nitrogen and oxygen atoms in total. The van der Waals surface area contributed by atoms with Gasteiger partial charge < -0.3 is 25.0 Å². The van der Waals surface area contributed by atoms with Crippen LogP contribution in [0.15, 0.2) is 42.5 Å². The predicted molar refractivity (Wildman–Crippen MR) is 108 cm³/mol. The molecule has 1 fully saturated rings. The van der Waals surface area contributed by atoms with Gasteiger partial charge >= 0.3 is 0 Å². The summed E-state index contributed by atoms with van der Waals surface area (Å²) in [6.07, 6.45) is 0. The topological polar surface area (TPSA) is 65.0 Å². The number of likely N-dealkylation sites (N-methyl/N-ethyl adjacent to an activating group) is 1. The fourth-order valence-electron chi connectivity index (χ4n) is 3.22. The number of amides is 1. The predicted octanol–water partition coefficient (Wildman–Crippen LogP) is 2.86. The lowest BCUT2D eigenvalue weighted by Crippen LogP contribution is -2.46. The Labute approximate surface area is 160 Å². The van der Waals surface area contributed by atoms with Gasteiger partial charge in [0.05, 0.1) is 0 Å². The number of aromatic hydroxyl groups is 1. The molecular weight excluding hydrogens is 342 g/mol. The van der Waals surface area contributed by atoms with Gasteiger partial charge in [-0.1, -0.05) is 19.1 Å². The van der Waals surface area contributed by atoms with Crippen LogP contribution < -0.4 is 15.0 Å². The zero-order valence-electron chi connectivity index (χ0n) is 15.9. The fourth-order valence-corrected chi connectivity index (χ4v) is 3.22.